The molecule has 0 unspecified atom stereocenters. The minimum absolute atomic E-state index is 0.0660. The smallest absolute Gasteiger partial charge is 0.416 e. The average molecular weight is 548 g/mol. The summed E-state index contributed by atoms with van der Waals surface area (Å²) in [5.41, 5.74) is -2.78. The normalized spacial score (nSPS) is 15.4. The zero-order chi connectivity index (χ0) is 27.4. The van der Waals surface area contributed by atoms with E-state index in [0.717, 1.165) is 24.4 Å². The number of aliphatic imine (C=N–C) groups is 1. The fourth-order valence-electron chi connectivity index (χ4n) is 3.22. The Kier molecular flexibility index (Phi) is 8.80. The molecule has 0 fully saturated rings. The quantitative estimate of drug-likeness (QED) is 0.351. The number of nitrogens with one attached hydrogen (secondary N) is 1. The van der Waals surface area contributed by atoms with Crippen molar-refractivity contribution in [2.24, 2.45) is 4.99 Å². The van der Waals surface area contributed by atoms with E-state index in [4.69, 9.17) is 9.47 Å². The molecule has 1 aliphatic rings. The molecule has 1 amide bonds. The summed E-state index contributed by atoms with van der Waals surface area (Å²) in [6.07, 6.45) is -8.34. The molecule has 0 aliphatic carbocycles. The molecular weight excluding hydrogens is 524 g/mol. The van der Waals surface area contributed by atoms with Crippen LogP contribution in [0.5, 0.6) is 11.5 Å². The van der Waals surface area contributed by atoms with Gasteiger partial charge >= 0.3 is 12.4 Å². The van der Waals surface area contributed by atoms with Crippen LogP contribution in [0.4, 0.5) is 26.3 Å². The van der Waals surface area contributed by atoms with Gasteiger partial charge in [0.15, 0.2) is 5.17 Å². The number of benzene rings is 2. The largest absolute Gasteiger partial charge is 0.496 e. The van der Waals surface area contributed by atoms with Crippen LogP contribution in [-0.2, 0) is 23.8 Å². The van der Waals surface area contributed by atoms with E-state index in [1.54, 1.807) is 12.1 Å². The lowest BCUT2D eigenvalue weighted by molar-refractivity contribution is -0.143. The predicted molar refractivity (Wildman–Crippen MR) is 128 cm³/mol. The number of halogens is 6. The highest BCUT2D eigenvalue weighted by Gasteiger charge is 2.38. The van der Waals surface area contributed by atoms with E-state index in [1.165, 1.54) is 19.2 Å². The Labute approximate surface area is 213 Å². The Morgan fingerprint density at radius 2 is 1.78 bits per heavy atom. The molecule has 1 N–H and O–H groups in total. The van der Waals surface area contributed by atoms with Crippen molar-refractivity contribution in [2.45, 2.75) is 19.0 Å². The van der Waals surface area contributed by atoms with E-state index in [1.807, 2.05) is 19.0 Å². The number of nitrogens with zero attached hydrogens (tertiary/aromatic N) is 2. The second-order valence-electron chi connectivity index (χ2n) is 8.12. The van der Waals surface area contributed by atoms with Gasteiger partial charge in [-0.05, 0) is 56.2 Å². The Balaban J connectivity index is 1.74. The molecule has 0 radical (unpaired) electrons. The number of ether oxygens (including phenoxy) is 2. The van der Waals surface area contributed by atoms with Crippen LogP contribution in [0.15, 0.2) is 46.3 Å². The number of likely N-dealkylation sites (N-methyl/N-ethyl adjacent to an activating group) is 1. The van der Waals surface area contributed by atoms with E-state index < -0.39 is 41.6 Å². The molecule has 1 aliphatic heterocycles. The van der Waals surface area contributed by atoms with Gasteiger partial charge in [-0.1, -0.05) is 6.07 Å². The molecule has 0 atom stereocenters. The summed E-state index contributed by atoms with van der Waals surface area (Å²) in [4.78, 5) is 18.5. The van der Waals surface area contributed by atoms with Gasteiger partial charge in [-0.2, -0.15) is 31.3 Å². The fourth-order valence-corrected chi connectivity index (χ4v) is 4.05. The molecular formula is C24H23F6N3O3S. The van der Waals surface area contributed by atoms with Crippen LogP contribution >= 0.6 is 11.8 Å². The second kappa shape index (κ2) is 11.5. The van der Waals surface area contributed by atoms with Gasteiger partial charge in [0.2, 0.25) is 0 Å². The minimum Gasteiger partial charge on any atom is -0.496 e. The van der Waals surface area contributed by atoms with Gasteiger partial charge in [0.05, 0.1) is 23.1 Å². The van der Waals surface area contributed by atoms with Gasteiger partial charge in [-0.15, -0.1) is 0 Å². The van der Waals surface area contributed by atoms with Crippen molar-refractivity contribution in [3.8, 4) is 11.5 Å². The van der Waals surface area contributed by atoms with Crippen LogP contribution in [0.25, 0.3) is 6.08 Å². The number of amidine groups is 1. The predicted octanol–water partition coefficient (Wildman–Crippen LogP) is 5.43. The van der Waals surface area contributed by atoms with E-state index >= 15 is 0 Å². The monoisotopic (exact) mass is 547 g/mol. The van der Waals surface area contributed by atoms with Gasteiger partial charge in [-0.25, -0.2) is 0 Å². The second-order valence-corrected chi connectivity index (χ2v) is 9.15. The van der Waals surface area contributed by atoms with Crippen molar-refractivity contribution in [2.75, 3.05) is 34.3 Å². The maximum Gasteiger partial charge on any atom is 0.416 e. The summed E-state index contributed by atoms with van der Waals surface area (Å²) < 4.78 is 89.5. The summed E-state index contributed by atoms with van der Waals surface area (Å²) >= 11 is 1.16. The zero-order valence-electron chi connectivity index (χ0n) is 20.0. The Morgan fingerprint density at radius 1 is 1.05 bits per heavy atom. The van der Waals surface area contributed by atoms with E-state index in [0.29, 0.717) is 28.2 Å². The molecule has 0 bridgehead atoms. The minimum atomic E-state index is -5.00. The van der Waals surface area contributed by atoms with Crippen LogP contribution in [-0.4, -0.2) is 50.3 Å². The van der Waals surface area contributed by atoms with Crippen LogP contribution in [0.1, 0.15) is 22.3 Å². The highest BCUT2D eigenvalue weighted by molar-refractivity contribution is 8.18. The lowest BCUT2D eigenvalue weighted by Gasteiger charge is -2.17. The number of carbonyl (C=O) groups excluding carboxylic acids is 1. The number of amides is 1. The summed E-state index contributed by atoms with van der Waals surface area (Å²) in [6.45, 7) is 0.726. The number of hydrogen-bond acceptors (Lipinski definition) is 6. The van der Waals surface area contributed by atoms with Gasteiger partial charge in [0.25, 0.3) is 5.91 Å². The van der Waals surface area contributed by atoms with Crippen molar-refractivity contribution in [1.29, 1.82) is 0 Å². The summed E-state index contributed by atoms with van der Waals surface area (Å²) in [7, 11) is 5.20. The summed E-state index contributed by atoms with van der Waals surface area (Å²) in [6, 6.07) is 5.79. The Bertz CT molecular complexity index is 1210. The maximum atomic E-state index is 13.4. The first-order chi connectivity index (χ1) is 17.3. The molecule has 6 nitrogen and oxygen atoms in total. The van der Waals surface area contributed by atoms with Crippen LogP contribution in [0, 0.1) is 0 Å². The lowest BCUT2D eigenvalue weighted by atomic mass is 10.0. The van der Waals surface area contributed by atoms with E-state index in [9.17, 15) is 31.1 Å². The number of hydrogen-bond donors (Lipinski definition) is 1. The first kappa shape index (κ1) is 28.4. The zero-order valence-corrected chi connectivity index (χ0v) is 20.8. The average Bonchev–Trinajstić information content (AvgIpc) is 3.15. The first-order valence-electron chi connectivity index (χ1n) is 10.8. The maximum absolute atomic E-state index is 13.4. The molecule has 13 heteroatoms. The summed E-state index contributed by atoms with van der Waals surface area (Å²) in [5.74, 6) is -0.0303. The highest BCUT2D eigenvalue weighted by Crippen LogP contribution is 2.38. The SMILES string of the molecule is COc1cc(OCc2ccc(C(F)(F)F)cc2C(F)(F)F)ccc1C=C1SC(NCCN(C)C)=NC1=O. The molecule has 37 heavy (non-hydrogen) atoms. The molecule has 0 aromatic heterocycles. The first-order valence-corrected chi connectivity index (χ1v) is 11.6. The van der Waals surface area contributed by atoms with Crippen LogP contribution < -0.4 is 14.8 Å². The van der Waals surface area contributed by atoms with Gasteiger partial charge in [0, 0.05) is 30.3 Å². The van der Waals surface area contributed by atoms with Crippen molar-refractivity contribution in [3.63, 3.8) is 0 Å². The number of rotatable bonds is 8. The molecule has 2 aromatic rings. The van der Waals surface area contributed by atoms with Crippen molar-refractivity contribution in [3.05, 3.63) is 63.6 Å². The molecule has 3 rings (SSSR count). The fraction of sp³-hybridized carbons (Fsp3) is 0.333. The Morgan fingerprint density at radius 3 is 2.41 bits per heavy atom. The topological polar surface area (TPSA) is 63.2 Å². The van der Waals surface area contributed by atoms with Gasteiger partial charge < -0.3 is 19.7 Å². The van der Waals surface area contributed by atoms with Crippen molar-refractivity contribution < 1.29 is 40.6 Å². The molecule has 0 spiro atoms. The third-order valence-corrected chi connectivity index (χ3v) is 6.03. The van der Waals surface area contributed by atoms with Gasteiger partial charge in [-0.3, -0.25) is 4.79 Å². The third-order valence-electron chi connectivity index (χ3n) is 5.08. The third kappa shape index (κ3) is 7.65. The Hall–Kier alpha value is -3.19. The standard InChI is InChI=1S/C24H23F6N3O3S/c1-33(2)9-8-31-22-32-21(34)20(37-22)10-14-5-7-17(12-19(14)35-3)36-13-15-4-6-16(23(25,26)27)11-18(15)24(28,29)30/h4-7,10-12H,8-9,13H2,1-3H3,(H,31,32,34). The number of methoxy groups -OCH3 is 1. The van der Waals surface area contributed by atoms with Crippen LogP contribution in [0.3, 0.4) is 0 Å². The van der Waals surface area contributed by atoms with Crippen LogP contribution in [0.2, 0.25) is 0 Å². The van der Waals surface area contributed by atoms with E-state index in [-0.39, 0.29) is 17.6 Å². The molecule has 1 heterocycles. The summed E-state index contributed by atoms with van der Waals surface area (Å²) in [5, 5.41) is 3.54. The van der Waals surface area contributed by atoms with Crippen molar-refractivity contribution >= 4 is 28.9 Å². The highest BCUT2D eigenvalue weighted by atomic mass is 32.2. The lowest BCUT2D eigenvalue weighted by Crippen LogP contribution is -2.29. The molecule has 200 valence electrons. The van der Waals surface area contributed by atoms with E-state index in [2.05, 4.69) is 10.3 Å². The molecule has 2 aromatic carbocycles. The van der Waals surface area contributed by atoms with Crippen molar-refractivity contribution in [1.82, 2.24) is 10.2 Å². The molecule has 0 saturated carbocycles. The number of carbonyl (C=O) groups is 1. The molecule has 0 saturated heterocycles. The van der Waals surface area contributed by atoms with Gasteiger partial charge in [0.1, 0.15) is 18.1 Å². The number of alkyl halides is 6. The number of thioether (sulfide) groups is 1.